The third kappa shape index (κ3) is 1.91. The van der Waals surface area contributed by atoms with Gasteiger partial charge in [-0.2, -0.15) is 0 Å². The van der Waals surface area contributed by atoms with Gasteiger partial charge in [-0.3, -0.25) is 0 Å². The average molecular weight is 226 g/mol. The van der Waals surface area contributed by atoms with E-state index in [0.29, 0.717) is 10.8 Å². The zero-order chi connectivity index (χ0) is 10.8. The second kappa shape index (κ2) is 3.62. The van der Waals surface area contributed by atoms with Crippen LogP contribution in [0, 0.1) is 10.1 Å². The number of nitro groups is 1. The monoisotopic (exact) mass is 225 g/mol. The number of rotatable bonds is 2. The van der Waals surface area contributed by atoms with Gasteiger partial charge in [0.05, 0.1) is 5.02 Å². The van der Waals surface area contributed by atoms with Crippen molar-refractivity contribution in [2.24, 2.45) is 0 Å². The van der Waals surface area contributed by atoms with Crippen LogP contribution in [0.4, 0.5) is 5.95 Å². The van der Waals surface area contributed by atoms with E-state index in [0.717, 1.165) is 0 Å². The van der Waals surface area contributed by atoms with Gasteiger partial charge in [0.25, 0.3) is 0 Å². The number of aromatic nitrogens is 4. The summed E-state index contributed by atoms with van der Waals surface area (Å²) in [4.78, 5) is 17.1. The lowest BCUT2D eigenvalue weighted by atomic mass is 10.5. The second-order valence-electron chi connectivity index (χ2n) is 2.58. The maximum atomic E-state index is 10.3. The minimum absolute atomic E-state index is 0.417. The fraction of sp³-hybridized carbons (Fsp3) is 0. The van der Waals surface area contributed by atoms with E-state index >= 15 is 0 Å². The van der Waals surface area contributed by atoms with Crippen LogP contribution in [-0.2, 0) is 0 Å². The van der Waals surface area contributed by atoms with E-state index in [1.807, 2.05) is 0 Å². The molecular weight excluding hydrogens is 222 g/mol. The van der Waals surface area contributed by atoms with E-state index in [4.69, 9.17) is 11.6 Å². The topological polar surface area (TPSA) is 86.7 Å². The predicted molar refractivity (Wildman–Crippen MR) is 50.8 cm³/mol. The van der Waals surface area contributed by atoms with E-state index < -0.39 is 10.9 Å². The van der Waals surface area contributed by atoms with Crippen LogP contribution >= 0.6 is 11.6 Å². The van der Waals surface area contributed by atoms with Crippen LogP contribution in [0.15, 0.2) is 24.7 Å². The summed E-state index contributed by atoms with van der Waals surface area (Å²) in [6.45, 7) is 0. The van der Waals surface area contributed by atoms with Crippen LogP contribution in [0.5, 0.6) is 0 Å². The van der Waals surface area contributed by atoms with Crippen molar-refractivity contribution >= 4 is 17.5 Å². The van der Waals surface area contributed by atoms with Gasteiger partial charge in [0.1, 0.15) is 0 Å². The quantitative estimate of drug-likeness (QED) is 0.567. The molecule has 0 aromatic carbocycles. The second-order valence-corrected chi connectivity index (χ2v) is 3.02. The van der Waals surface area contributed by atoms with Crippen molar-refractivity contribution in [3.8, 4) is 5.82 Å². The number of halogens is 1. The summed E-state index contributed by atoms with van der Waals surface area (Å²) in [5.74, 6) is -0.0493. The first kappa shape index (κ1) is 9.53. The highest BCUT2D eigenvalue weighted by Gasteiger charge is 2.14. The van der Waals surface area contributed by atoms with Crippen LogP contribution in [0.1, 0.15) is 0 Å². The van der Waals surface area contributed by atoms with E-state index in [1.165, 1.54) is 17.2 Å². The smallest absolute Gasteiger partial charge is 0.390 e. The molecule has 0 aliphatic carbocycles. The molecule has 7 nitrogen and oxygen atoms in total. The lowest BCUT2D eigenvalue weighted by Crippen LogP contribution is -1.98. The molecule has 2 aromatic heterocycles. The summed E-state index contributed by atoms with van der Waals surface area (Å²) in [7, 11) is 0. The van der Waals surface area contributed by atoms with Crippen LogP contribution in [0.2, 0.25) is 5.02 Å². The van der Waals surface area contributed by atoms with Gasteiger partial charge in [0, 0.05) is 11.3 Å². The molecule has 0 fully saturated rings. The van der Waals surface area contributed by atoms with E-state index in [-0.39, 0.29) is 0 Å². The molecule has 2 aromatic rings. The Morgan fingerprint density at radius 1 is 1.40 bits per heavy atom. The third-order valence-corrected chi connectivity index (χ3v) is 1.81. The van der Waals surface area contributed by atoms with Crippen molar-refractivity contribution < 1.29 is 4.92 Å². The van der Waals surface area contributed by atoms with Gasteiger partial charge in [-0.1, -0.05) is 16.6 Å². The Morgan fingerprint density at radius 3 is 2.73 bits per heavy atom. The first-order valence-electron chi connectivity index (χ1n) is 3.85. The molecule has 0 atom stereocenters. The first-order chi connectivity index (χ1) is 7.16. The van der Waals surface area contributed by atoms with Crippen LogP contribution in [-0.4, -0.2) is 24.7 Å². The lowest BCUT2D eigenvalue weighted by molar-refractivity contribution is -0.394. The van der Waals surface area contributed by atoms with Crippen molar-refractivity contribution in [3.63, 3.8) is 0 Å². The zero-order valence-electron chi connectivity index (χ0n) is 7.24. The highest BCUT2D eigenvalue weighted by Crippen LogP contribution is 2.10. The SMILES string of the molecule is O=[N+]([O-])c1ncn(-c2ccc(Cl)cn2)n1. The normalized spacial score (nSPS) is 10.2. The Hall–Kier alpha value is -2.02. The van der Waals surface area contributed by atoms with Gasteiger partial charge in [0.2, 0.25) is 6.33 Å². The summed E-state index contributed by atoms with van der Waals surface area (Å²) in [6.07, 6.45) is 2.64. The highest BCUT2D eigenvalue weighted by molar-refractivity contribution is 6.30. The van der Waals surface area contributed by atoms with Crippen LogP contribution in [0.3, 0.4) is 0 Å². The Morgan fingerprint density at radius 2 is 2.20 bits per heavy atom. The Kier molecular flexibility index (Phi) is 2.30. The molecule has 0 bridgehead atoms. The number of nitrogens with zero attached hydrogens (tertiary/aromatic N) is 5. The Balaban J connectivity index is 2.37. The van der Waals surface area contributed by atoms with Gasteiger partial charge in [0.15, 0.2) is 5.82 Å². The number of pyridine rings is 1. The molecule has 0 aliphatic heterocycles. The van der Waals surface area contributed by atoms with E-state index in [1.54, 1.807) is 12.1 Å². The summed E-state index contributed by atoms with van der Waals surface area (Å²) in [5, 5.41) is 14.4. The van der Waals surface area contributed by atoms with Crippen molar-refractivity contribution in [1.29, 1.82) is 0 Å². The van der Waals surface area contributed by atoms with Crippen molar-refractivity contribution in [2.75, 3.05) is 0 Å². The molecule has 15 heavy (non-hydrogen) atoms. The molecule has 2 rings (SSSR count). The molecule has 2 heterocycles. The molecular formula is C7H4ClN5O2. The van der Waals surface area contributed by atoms with Gasteiger partial charge >= 0.3 is 5.95 Å². The number of hydrogen-bond acceptors (Lipinski definition) is 5. The van der Waals surface area contributed by atoms with Crippen LogP contribution in [0.25, 0.3) is 5.82 Å². The Bertz CT molecular complexity index is 494. The molecule has 0 N–H and O–H groups in total. The lowest BCUT2D eigenvalue weighted by Gasteiger charge is -1.93. The van der Waals surface area contributed by atoms with Gasteiger partial charge in [-0.25, -0.2) is 4.98 Å². The molecule has 0 radical (unpaired) electrons. The highest BCUT2D eigenvalue weighted by atomic mass is 35.5. The maximum absolute atomic E-state index is 10.3. The predicted octanol–water partition coefficient (Wildman–Crippen LogP) is 1.22. The first-order valence-corrected chi connectivity index (χ1v) is 4.22. The average Bonchev–Trinajstić information content (AvgIpc) is 2.68. The maximum Gasteiger partial charge on any atom is 0.491 e. The summed E-state index contributed by atoms with van der Waals surface area (Å²) in [6, 6.07) is 3.19. The van der Waals surface area contributed by atoms with E-state index in [2.05, 4.69) is 15.1 Å². The zero-order valence-corrected chi connectivity index (χ0v) is 8.00. The summed E-state index contributed by atoms with van der Waals surface area (Å²) in [5.41, 5.74) is 0. The Labute approximate surface area is 88.5 Å². The van der Waals surface area contributed by atoms with Gasteiger partial charge in [-0.05, 0) is 17.1 Å². The molecule has 0 saturated heterocycles. The molecule has 0 saturated carbocycles. The summed E-state index contributed by atoms with van der Waals surface area (Å²) < 4.78 is 1.20. The third-order valence-electron chi connectivity index (χ3n) is 1.59. The van der Waals surface area contributed by atoms with Gasteiger partial charge in [-0.15, -0.1) is 4.68 Å². The van der Waals surface area contributed by atoms with Crippen LogP contribution < -0.4 is 0 Å². The molecule has 0 spiro atoms. The summed E-state index contributed by atoms with van der Waals surface area (Å²) >= 11 is 5.64. The fourth-order valence-electron chi connectivity index (χ4n) is 0.952. The molecule has 76 valence electrons. The minimum atomic E-state index is -0.674. The largest absolute Gasteiger partial charge is 0.491 e. The van der Waals surface area contributed by atoms with E-state index in [9.17, 15) is 10.1 Å². The van der Waals surface area contributed by atoms with Crippen molar-refractivity contribution in [1.82, 2.24) is 19.7 Å². The van der Waals surface area contributed by atoms with Gasteiger partial charge < -0.3 is 10.1 Å². The molecule has 8 heteroatoms. The molecule has 0 aliphatic rings. The molecule has 0 unspecified atom stereocenters. The fourth-order valence-corrected chi connectivity index (χ4v) is 1.06. The van der Waals surface area contributed by atoms with Crippen molar-refractivity contribution in [3.05, 3.63) is 39.8 Å². The van der Waals surface area contributed by atoms with Crippen molar-refractivity contribution in [2.45, 2.75) is 0 Å². The number of hydrogen-bond donors (Lipinski definition) is 0. The minimum Gasteiger partial charge on any atom is -0.390 e. The molecule has 0 amide bonds. The standard InChI is InChI=1S/C7H4ClN5O2/c8-5-1-2-6(9-3-5)12-4-10-7(11-12)13(14)15/h1-4H.